The molecule has 7 heteroatoms. The number of morpholine rings is 1. The molecule has 22 heavy (non-hydrogen) atoms. The zero-order valence-corrected chi connectivity index (χ0v) is 12.1. The largest absolute Gasteiger partial charge is 0.378 e. The first-order valence-corrected chi connectivity index (χ1v) is 7.20. The van der Waals surface area contributed by atoms with Crippen LogP contribution in [0.3, 0.4) is 0 Å². The van der Waals surface area contributed by atoms with Gasteiger partial charge in [0.1, 0.15) is 0 Å². The molecule has 3 rings (SSSR count). The van der Waals surface area contributed by atoms with Crippen molar-refractivity contribution >= 4 is 17.8 Å². The lowest BCUT2D eigenvalue weighted by Crippen LogP contribution is -2.41. The van der Waals surface area contributed by atoms with Gasteiger partial charge in [-0.3, -0.25) is 14.5 Å². The lowest BCUT2D eigenvalue weighted by atomic mass is 10.1. The van der Waals surface area contributed by atoms with Crippen LogP contribution in [0.15, 0.2) is 24.3 Å². The van der Waals surface area contributed by atoms with E-state index in [1.165, 1.54) is 0 Å². The third kappa shape index (κ3) is 2.80. The molecule has 2 aliphatic rings. The van der Waals surface area contributed by atoms with Crippen LogP contribution in [-0.2, 0) is 16.1 Å². The van der Waals surface area contributed by atoms with Crippen molar-refractivity contribution in [2.24, 2.45) is 0 Å². The van der Waals surface area contributed by atoms with Gasteiger partial charge in [0.25, 0.3) is 5.91 Å². The second-order valence-electron chi connectivity index (χ2n) is 5.20. The molecule has 0 atom stereocenters. The summed E-state index contributed by atoms with van der Waals surface area (Å²) in [5.41, 5.74) is 1.20. The molecular weight excluding hydrogens is 286 g/mol. The molecule has 2 fully saturated rings. The first-order valence-electron chi connectivity index (χ1n) is 7.20. The van der Waals surface area contributed by atoms with Crippen molar-refractivity contribution in [3.63, 3.8) is 0 Å². The molecule has 116 valence electrons. The molecule has 0 bridgehead atoms. The van der Waals surface area contributed by atoms with Crippen molar-refractivity contribution in [1.82, 2.24) is 15.1 Å². The number of imide groups is 1. The molecule has 4 amide bonds. The average Bonchev–Trinajstić information content (AvgIpc) is 2.87. The van der Waals surface area contributed by atoms with Crippen molar-refractivity contribution in [2.75, 3.05) is 32.8 Å². The normalized spacial score (nSPS) is 18.5. The summed E-state index contributed by atoms with van der Waals surface area (Å²) in [6.45, 7) is 2.28. The highest BCUT2D eigenvalue weighted by molar-refractivity contribution is 6.02. The molecule has 0 aromatic heterocycles. The number of carbonyl (C=O) groups excluding carboxylic acids is 3. The van der Waals surface area contributed by atoms with Gasteiger partial charge in [-0.15, -0.1) is 0 Å². The van der Waals surface area contributed by atoms with E-state index in [-0.39, 0.29) is 24.9 Å². The molecule has 2 aliphatic heterocycles. The van der Waals surface area contributed by atoms with Crippen LogP contribution in [0, 0.1) is 0 Å². The second-order valence-corrected chi connectivity index (χ2v) is 5.20. The molecule has 1 aromatic rings. The molecule has 0 radical (unpaired) electrons. The maximum atomic E-state index is 12.6. The summed E-state index contributed by atoms with van der Waals surface area (Å²) in [6.07, 6.45) is 0. The van der Waals surface area contributed by atoms with Gasteiger partial charge in [0.05, 0.1) is 26.3 Å². The Kier molecular flexibility index (Phi) is 4.06. The number of benzene rings is 1. The number of hydrogen-bond acceptors (Lipinski definition) is 4. The molecule has 0 aliphatic carbocycles. The molecule has 7 nitrogen and oxygen atoms in total. The van der Waals surface area contributed by atoms with E-state index >= 15 is 0 Å². The molecule has 0 saturated carbocycles. The summed E-state index contributed by atoms with van der Waals surface area (Å²) in [5.74, 6) is -0.371. The zero-order valence-electron chi connectivity index (χ0n) is 12.1. The minimum Gasteiger partial charge on any atom is -0.378 e. The van der Waals surface area contributed by atoms with Crippen LogP contribution in [-0.4, -0.2) is 60.5 Å². The van der Waals surface area contributed by atoms with E-state index in [2.05, 4.69) is 5.32 Å². The average molecular weight is 303 g/mol. The molecular formula is C15H17N3O4. The first-order chi connectivity index (χ1) is 10.7. The lowest BCUT2D eigenvalue weighted by Gasteiger charge is -2.28. The van der Waals surface area contributed by atoms with E-state index in [0.29, 0.717) is 37.4 Å². The predicted molar refractivity (Wildman–Crippen MR) is 77.1 cm³/mol. The van der Waals surface area contributed by atoms with Crippen LogP contribution in [0.25, 0.3) is 0 Å². The van der Waals surface area contributed by atoms with E-state index in [0.717, 1.165) is 4.90 Å². The Labute approximate surface area is 127 Å². The Morgan fingerprint density at radius 3 is 2.59 bits per heavy atom. The first kappa shape index (κ1) is 14.5. The summed E-state index contributed by atoms with van der Waals surface area (Å²) in [6, 6.07) is 6.66. The van der Waals surface area contributed by atoms with Gasteiger partial charge in [0, 0.05) is 18.7 Å². The Morgan fingerprint density at radius 1 is 1.18 bits per heavy atom. The Hall–Kier alpha value is -2.41. The maximum absolute atomic E-state index is 12.6. The summed E-state index contributed by atoms with van der Waals surface area (Å²) < 4.78 is 5.25. The van der Waals surface area contributed by atoms with Crippen LogP contribution in [0.2, 0.25) is 0 Å². The van der Waals surface area contributed by atoms with Gasteiger partial charge in [0.2, 0.25) is 5.91 Å². The van der Waals surface area contributed by atoms with Crippen molar-refractivity contribution in [1.29, 1.82) is 0 Å². The Bertz CT molecular complexity index is 595. The third-order valence-electron chi connectivity index (χ3n) is 3.81. The number of urea groups is 1. The van der Waals surface area contributed by atoms with Crippen LogP contribution in [0.1, 0.15) is 15.9 Å². The molecule has 1 aromatic carbocycles. The summed E-state index contributed by atoms with van der Waals surface area (Å²) in [5, 5.41) is 2.48. The van der Waals surface area contributed by atoms with Crippen LogP contribution < -0.4 is 5.32 Å². The molecule has 1 N–H and O–H groups in total. The zero-order chi connectivity index (χ0) is 15.5. The van der Waals surface area contributed by atoms with Gasteiger partial charge in [-0.05, 0) is 11.6 Å². The van der Waals surface area contributed by atoms with Crippen LogP contribution >= 0.6 is 0 Å². The number of carbonyl (C=O) groups is 3. The van der Waals surface area contributed by atoms with Crippen LogP contribution in [0.4, 0.5) is 4.79 Å². The summed E-state index contributed by atoms with van der Waals surface area (Å²) in [4.78, 5) is 38.8. The van der Waals surface area contributed by atoms with Gasteiger partial charge in [-0.25, -0.2) is 4.79 Å². The molecule has 2 heterocycles. The molecule has 0 unspecified atom stereocenters. The fourth-order valence-electron chi connectivity index (χ4n) is 2.59. The third-order valence-corrected chi connectivity index (χ3v) is 3.81. The van der Waals surface area contributed by atoms with E-state index in [1.807, 2.05) is 0 Å². The van der Waals surface area contributed by atoms with E-state index < -0.39 is 6.03 Å². The van der Waals surface area contributed by atoms with Crippen molar-refractivity contribution in [3.8, 4) is 0 Å². The highest BCUT2D eigenvalue weighted by Crippen LogP contribution is 2.16. The lowest BCUT2D eigenvalue weighted by molar-refractivity contribution is -0.125. The number of rotatable bonds is 3. The van der Waals surface area contributed by atoms with E-state index in [9.17, 15) is 14.4 Å². The Morgan fingerprint density at radius 2 is 1.91 bits per heavy atom. The highest BCUT2D eigenvalue weighted by atomic mass is 16.5. The number of amides is 4. The van der Waals surface area contributed by atoms with Gasteiger partial charge in [-0.2, -0.15) is 0 Å². The van der Waals surface area contributed by atoms with Crippen molar-refractivity contribution in [3.05, 3.63) is 35.4 Å². The minimum atomic E-state index is -0.418. The minimum absolute atomic E-state index is 0.0123. The van der Waals surface area contributed by atoms with E-state index in [4.69, 9.17) is 4.74 Å². The van der Waals surface area contributed by atoms with Gasteiger partial charge < -0.3 is 15.0 Å². The molecule has 0 spiro atoms. The number of nitrogens with zero attached hydrogens (tertiary/aromatic N) is 2. The topological polar surface area (TPSA) is 79.0 Å². The second kappa shape index (κ2) is 6.15. The number of hydrogen-bond donors (Lipinski definition) is 1. The maximum Gasteiger partial charge on any atom is 0.324 e. The SMILES string of the molecule is O=C(c1ccccc1CN1C(=O)CNC1=O)N1CCOCC1. The van der Waals surface area contributed by atoms with Gasteiger partial charge >= 0.3 is 6.03 Å². The van der Waals surface area contributed by atoms with Crippen molar-refractivity contribution < 1.29 is 19.1 Å². The van der Waals surface area contributed by atoms with E-state index in [1.54, 1.807) is 29.2 Å². The molecule has 2 saturated heterocycles. The highest BCUT2D eigenvalue weighted by Gasteiger charge is 2.30. The number of ether oxygens (including phenoxy) is 1. The summed E-state index contributed by atoms with van der Waals surface area (Å²) in [7, 11) is 0. The predicted octanol–water partition coefficient (Wildman–Crippen LogP) is 0.211. The fourth-order valence-corrected chi connectivity index (χ4v) is 2.59. The van der Waals surface area contributed by atoms with Crippen molar-refractivity contribution in [2.45, 2.75) is 6.54 Å². The monoisotopic (exact) mass is 303 g/mol. The smallest absolute Gasteiger partial charge is 0.324 e. The number of nitrogens with one attached hydrogen (secondary N) is 1. The van der Waals surface area contributed by atoms with Gasteiger partial charge in [-0.1, -0.05) is 18.2 Å². The Balaban J connectivity index is 1.81. The quantitative estimate of drug-likeness (QED) is 0.810. The van der Waals surface area contributed by atoms with Crippen LogP contribution in [0.5, 0.6) is 0 Å². The standard InChI is InChI=1S/C15H17N3O4/c19-13-9-16-15(21)18(13)10-11-3-1-2-4-12(11)14(20)17-5-7-22-8-6-17/h1-4H,5-10H2,(H,16,21). The summed E-state index contributed by atoms with van der Waals surface area (Å²) >= 11 is 0. The van der Waals surface area contributed by atoms with Gasteiger partial charge in [0.15, 0.2) is 0 Å². The fraction of sp³-hybridized carbons (Fsp3) is 0.400.